The van der Waals surface area contributed by atoms with E-state index in [0.717, 1.165) is 30.9 Å². The lowest BCUT2D eigenvalue weighted by Gasteiger charge is -2.21. The molecular formula is C25H29N5O3. The van der Waals surface area contributed by atoms with Crippen LogP contribution in [0.2, 0.25) is 0 Å². The van der Waals surface area contributed by atoms with E-state index in [4.69, 9.17) is 15.9 Å². The first kappa shape index (κ1) is 22.5. The number of nitrogens with zero attached hydrogens (tertiary/aromatic N) is 3. The predicted molar refractivity (Wildman–Crippen MR) is 131 cm³/mol. The Bertz CT molecular complexity index is 1210. The van der Waals surface area contributed by atoms with Crippen molar-refractivity contribution in [1.29, 1.82) is 0 Å². The molecule has 5 N–H and O–H groups in total. The van der Waals surface area contributed by atoms with Crippen LogP contribution in [0.1, 0.15) is 42.7 Å². The molecule has 33 heavy (non-hydrogen) atoms. The molecule has 1 atom stereocenters. The Morgan fingerprint density at radius 1 is 1.03 bits per heavy atom. The average molecular weight is 448 g/mol. The van der Waals surface area contributed by atoms with Crippen molar-refractivity contribution in [2.24, 2.45) is 21.7 Å². The van der Waals surface area contributed by atoms with Gasteiger partial charge in [0.15, 0.2) is 0 Å². The van der Waals surface area contributed by atoms with Crippen LogP contribution in [-0.2, 0) is 0 Å². The summed E-state index contributed by atoms with van der Waals surface area (Å²) >= 11 is 0. The molecule has 0 aliphatic carbocycles. The van der Waals surface area contributed by atoms with Crippen molar-refractivity contribution in [3.63, 3.8) is 0 Å². The maximum absolute atomic E-state index is 13.0. The van der Waals surface area contributed by atoms with Crippen molar-refractivity contribution in [2.45, 2.75) is 31.6 Å². The van der Waals surface area contributed by atoms with Crippen LogP contribution in [0.4, 0.5) is 0 Å². The molecule has 0 amide bonds. The van der Waals surface area contributed by atoms with Gasteiger partial charge in [0, 0.05) is 24.6 Å². The molecule has 0 spiro atoms. The van der Waals surface area contributed by atoms with Gasteiger partial charge in [0.05, 0.1) is 10.9 Å². The van der Waals surface area contributed by atoms with Crippen LogP contribution in [0.3, 0.4) is 0 Å². The summed E-state index contributed by atoms with van der Waals surface area (Å²) in [6.45, 7) is 2.96. The molecule has 0 saturated carbocycles. The molecule has 1 saturated heterocycles. The Labute approximate surface area is 192 Å². The number of rotatable bonds is 8. The van der Waals surface area contributed by atoms with E-state index < -0.39 is 11.5 Å². The fourth-order valence-corrected chi connectivity index (χ4v) is 4.38. The van der Waals surface area contributed by atoms with Crippen LogP contribution in [-0.4, -0.2) is 41.3 Å². The van der Waals surface area contributed by atoms with Gasteiger partial charge in [-0.3, -0.25) is 0 Å². The molecule has 1 fully saturated rings. The van der Waals surface area contributed by atoms with E-state index in [0.29, 0.717) is 23.8 Å². The zero-order valence-electron chi connectivity index (χ0n) is 18.5. The number of hydrogen-bond acceptors (Lipinski definition) is 6. The van der Waals surface area contributed by atoms with Crippen molar-refractivity contribution in [2.75, 3.05) is 19.6 Å². The molecule has 0 bridgehead atoms. The number of fused-ring (bicyclic) bond motifs is 1. The maximum Gasteiger partial charge on any atom is 0.343 e. The molecule has 8 heteroatoms. The second kappa shape index (κ2) is 10.3. The van der Waals surface area contributed by atoms with Crippen molar-refractivity contribution in [3.8, 4) is 5.75 Å². The van der Waals surface area contributed by atoms with Gasteiger partial charge in [-0.2, -0.15) is 5.10 Å². The molecule has 1 aliphatic rings. The molecule has 2 heterocycles. The van der Waals surface area contributed by atoms with Crippen LogP contribution >= 0.6 is 0 Å². The first-order chi connectivity index (χ1) is 16.0. The van der Waals surface area contributed by atoms with Gasteiger partial charge >= 0.3 is 5.63 Å². The number of hydrogen-bond donors (Lipinski definition) is 3. The standard InChI is InChI=1S/C25H29N5O3/c26-25(27)29-28-18(12-15-30-13-6-7-14-30)16-20(17-8-2-1-3-9-17)22-23(31)19-10-4-5-11-21(19)33-24(22)32/h1-5,8-11,20,31H,6-7,12-16H2,(H4,26,27,29)/b28-18+. The zero-order chi connectivity index (χ0) is 23.2. The number of aromatic hydroxyl groups is 1. The fraction of sp³-hybridized carbons (Fsp3) is 0.320. The topological polar surface area (TPSA) is 130 Å². The largest absolute Gasteiger partial charge is 0.507 e. The lowest BCUT2D eigenvalue weighted by atomic mass is 9.86. The molecule has 8 nitrogen and oxygen atoms in total. The number of benzene rings is 2. The summed E-state index contributed by atoms with van der Waals surface area (Å²) < 4.78 is 5.57. The highest BCUT2D eigenvalue weighted by molar-refractivity contribution is 5.88. The quantitative estimate of drug-likeness (QED) is 0.210. The first-order valence-corrected chi connectivity index (χ1v) is 11.2. The van der Waals surface area contributed by atoms with Gasteiger partial charge < -0.3 is 25.9 Å². The van der Waals surface area contributed by atoms with E-state index in [1.54, 1.807) is 24.3 Å². The predicted octanol–water partition coefficient (Wildman–Crippen LogP) is 3.14. The third-order valence-corrected chi connectivity index (χ3v) is 6.03. The van der Waals surface area contributed by atoms with E-state index in [1.807, 2.05) is 30.3 Å². The van der Waals surface area contributed by atoms with Crippen LogP contribution in [0.25, 0.3) is 11.0 Å². The minimum atomic E-state index is -0.569. The number of nitrogens with two attached hydrogens (primary N) is 2. The Morgan fingerprint density at radius 3 is 2.45 bits per heavy atom. The molecule has 1 aliphatic heterocycles. The van der Waals surface area contributed by atoms with Crippen LogP contribution < -0.4 is 17.1 Å². The number of guanidine groups is 1. The Balaban J connectivity index is 1.75. The molecule has 0 radical (unpaired) electrons. The molecule has 1 aromatic heterocycles. The average Bonchev–Trinajstić information content (AvgIpc) is 3.34. The molecule has 1 unspecified atom stereocenters. The highest BCUT2D eigenvalue weighted by Crippen LogP contribution is 2.36. The maximum atomic E-state index is 13.0. The van der Waals surface area contributed by atoms with E-state index in [1.165, 1.54) is 12.8 Å². The van der Waals surface area contributed by atoms with Gasteiger partial charge in [-0.05, 0) is 50.0 Å². The third-order valence-electron chi connectivity index (χ3n) is 6.03. The van der Waals surface area contributed by atoms with Gasteiger partial charge in [0.2, 0.25) is 5.96 Å². The van der Waals surface area contributed by atoms with E-state index >= 15 is 0 Å². The molecule has 3 aromatic rings. The van der Waals surface area contributed by atoms with Gasteiger partial charge in [0.25, 0.3) is 0 Å². The number of likely N-dealkylation sites (tertiary alicyclic amines) is 1. The lowest BCUT2D eigenvalue weighted by Crippen LogP contribution is -2.25. The van der Waals surface area contributed by atoms with E-state index in [9.17, 15) is 9.90 Å². The molecule has 4 rings (SSSR count). The summed E-state index contributed by atoms with van der Waals surface area (Å²) in [7, 11) is 0. The van der Waals surface area contributed by atoms with Gasteiger partial charge in [0.1, 0.15) is 11.3 Å². The highest BCUT2D eigenvalue weighted by Gasteiger charge is 2.26. The summed E-state index contributed by atoms with van der Waals surface area (Å²) in [6, 6.07) is 16.5. The van der Waals surface area contributed by atoms with Gasteiger partial charge in [-0.15, -0.1) is 5.10 Å². The second-order valence-electron chi connectivity index (χ2n) is 8.31. The van der Waals surface area contributed by atoms with Gasteiger partial charge in [-0.1, -0.05) is 42.5 Å². The summed E-state index contributed by atoms with van der Waals surface area (Å²) in [6.07, 6.45) is 3.41. The van der Waals surface area contributed by atoms with Gasteiger partial charge in [-0.25, -0.2) is 4.79 Å². The van der Waals surface area contributed by atoms with E-state index in [-0.39, 0.29) is 17.3 Å². The first-order valence-electron chi connectivity index (χ1n) is 11.2. The lowest BCUT2D eigenvalue weighted by molar-refractivity contribution is 0.349. The third kappa shape index (κ3) is 5.40. The Hall–Kier alpha value is -3.65. The normalized spacial score (nSPS) is 15.6. The highest BCUT2D eigenvalue weighted by atomic mass is 16.4. The van der Waals surface area contributed by atoms with Crippen molar-refractivity contribution >= 4 is 22.6 Å². The van der Waals surface area contributed by atoms with Crippen molar-refractivity contribution in [1.82, 2.24) is 4.90 Å². The molecular weight excluding hydrogens is 418 g/mol. The van der Waals surface area contributed by atoms with Crippen LogP contribution in [0.15, 0.2) is 74.0 Å². The van der Waals surface area contributed by atoms with Crippen molar-refractivity contribution in [3.05, 3.63) is 76.1 Å². The monoisotopic (exact) mass is 447 g/mol. The zero-order valence-corrected chi connectivity index (χ0v) is 18.5. The Morgan fingerprint density at radius 2 is 1.73 bits per heavy atom. The smallest absolute Gasteiger partial charge is 0.343 e. The minimum absolute atomic E-state index is 0.0727. The summed E-state index contributed by atoms with van der Waals surface area (Å²) in [5, 5.41) is 19.8. The summed E-state index contributed by atoms with van der Waals surface area (Å²) in [5.74, 6) is -0.673. The molecule has 172 valence electrons. The van der Waals surface area contributed by atoms with E-state index in [2.05, 4.69) is 15.1 Å². The molecule has 2 aromatic carbocycles. The Kier molecular flexibility index (Phi) is 7.04. The fourth-order valence-electron chi connectivity index (χ4n) is 4.38. The number of para-hydroxylation sites is 1. The minimum Gasteiger partial charge on any atom is -0.507 e. The summed E-state index contributed by atoms with van der Waals surface area (Å²) in [5.41, 5.74) is 12.7. The van der Waals surface area contributed by atoms with Crippen LogP contribution in [0, 0.1) is 0 Å². The SMILES string of the molecule is NC(N)=N/N=C(\CCN1CCCC1)CC(c1ccccc1)c1c(O)c2ccccc2oc1=O. The second-order valence-corrected chi connectivity index (χ2v) is 8.31. The van der Waals surface area contributed by atoms with Crippen molar-refractivity contribution < 1.29 is 9.52 Å². The summed E-state index contributed by atoms with van der Waals surface area (Å²) in [4.78, 5) is 15.4. The van der Waals surface area contributed by atoms with Crippen LogP contribution in [0.5, 0.6) is 5.75 Å².